The number of carbonyl (C=O) groups excluding carboxylic acids is 2. The van der Waals surface area contributed by atoms with Crippen LogP contribution in [0.4, 0.5) is 10.1 Å². The third kappa shape index (κ3) is 6.96. The molecule has 3 aromatic rings. The average molecular weight is 572 g/mol. The number of rotatable bonds is 10. The van der Waals surface area contributed by atoms with Crippen LogP contribution in [0.2, 0.25) is 5.02 Å². The summed E-state index contributed by atoms with van der Waals surface area (Å²) in [7, 11) is -4.25. The van der Waals surface area contributed by atoms with Gasteiger partial charge in [-0.2, -0.15) is 0 Å². The molecule has 0 aliphatic heterocycles. The van der Waals surface area contributed by atoms with Crippen LogP contribution in [0.1, 0.15) is 38.2 Å². The lowest BCUT2D eigenvalue weighted by Crippen LogP contribution is -2.52. The summed E-state index contributed by atoms with van der Waals surface area (Å²) >= 11 is 5.99. The van der Waals surface area contributed by atoms with Crippen LogP contribution in [-0.2, 0) is 26.2 Å². The molecule has 1 fully saturated rings. The van der Waals surface area contributed by atoms with E-state index in [9.17, 15) is 22.4 Å². The van der Waals surface area contributed by atoms with Crippen LogP contribution in [0.25, 0.3) is 0 Å². The number of amides is 2. The molecule has 0 radical (unpaired) electrons. The Labute approximate surface area is 233 Å². The minimum Gasteiger partial charge on any atom is -0.352 e. The van der Waals surface area contributed by atoms with E-state index in [0.29, 0.717) is 0 Å². The highest BCUT2D eigenvalue weighted by Crippen LogP contribution is 2.28. The van der Waals surface area contributed by atoms with E-state index in [-0.39, 0.29) is 34.1 Å². The van der Waals surface area contributed by atoms with Crippen LogP contribution in [0.3, 0.4) is 0 Å². The molecule has 7 nitrogen and oxygen atoms in total. The molecule has 1 aliphatic rings. The summed E-state index contributed by atoms with van der Waals surface area (Å²) in [6.45, 7) is 1.12. The summed E-state index contributed by atoms with van der Waals surface area (Å²) in [6, 6.07) is 19.5. The van der Waals surface area contributed by atoms with Crippen molar-refractivity contribution in [3.05, 3.63) is 95.3 Å². The van der Waals surface area contributed by atoms with Gasteiger partial charge in [0.25, 0.3) is 10.0 Å². The molecule has 0 bridgehead atoms. The first-order valence-electron chi connectivity index (χ1n) is 12.8. The summed E-state index contributed by atoms with van der Waals surface area (Å²) in [6.07, 6.45) is 3.86. The Morgan fingerprint density at radius 3 is 2.23 bits per heavy atom. The van der Waals surface area contributed by atoms with Gasteiger partial charge in [0.1, 0.15) is 18.4 Å². The number of sulfonamides is 1. The SMILES string of the molecule is CC(C(=O)NC1CCCC1)N(Cc1ccccc1)C(=O)CN(c1ccc(F)c(Cl)c1)S(=O)(=O)c1ccccc1. The predicted molar refractivity (Wildman–Crippen MR) is 149 cm³/mol. The third-order valence-corrected chi connectivity index (χ3v) is 8.94. The van der Waals surface area contributed by atoms with E-state index in [0.717, 1.165) is 41.6 Å². The predicted octanol–water partition coefficient (Wildman–Crippen LogP) is 5.15. The van der Waals surface area contributed by atoms with Crippen LogP contribution in [0, 0.1) is 5.82 Å². The van der Waals surface area contributed by atoms with Gasteiger partial charge in [0.15, 0.2) is 0 Å². The van der Waals surface area contributed by atoms with Gasteiger partial charge in [-0.15, -0.1) is 0 Å². The molecule has 1 N–H and O–H groups in total. The zero-order valence-electron chi connectivity index (χ0n) is 21.6. The number of hydrogen-bond donors (Lipinski definition) is 1. The number of halogens is 2. The van der Waals surface area contributed by atoms with Gasteiger partial charge >= 0.3 is 0 Å². The first-order chi connectivity index (χ1) is 18.7. The molecule has 1 atom stereocenters. The molecule has 4 rings (SSSR count). The van der Waals surface area contributed by atoms with E-state index >= 15 is 0 Å². The molecule has 0 heterocycles. The van der Waals surface area contributed by atoms with Gasteiger partial charge in [0.05, 0.1) is 15.6 Å². The second-order valence-corrected chi connectivity index (χ2v) is 11.9. The number of nitrogens with zero attached hydrogens (tertiary/aromatic N) is 2. The maximum absolute atomic E-state index is 14.0. The van der Waals surface area contributed by atoms with Crippen LogP contribution in [-0.4, -0.2) is 43.8 Å². The van der Waals surface area contributed by atoms with E-state index in [4.69, 9.17) is 11.6 Å². The molecule has 39 heavy (non-hydrogen) atoms. The second kappa shape index (κ2) is 12.6. The smallest absolute Gasteiger partial charge is 0.264 e. The van der Waals surface area contributed by atoms with E-state index in [1.54, 1.807) is 25.1 Å². The van der Waals surface area contributed by atoms with Crippen LogP contribution < -0.4 is 9.62 Å². The standard InChI is InChI=1S/C29H31ClFN3O4S/c1-21(29(36)32-23-12-8-9-13-23)33(19-22-10-4-2-5-11-22)28(35)20-34(24-16-17-27(31)26(30)18-24)39(37,38)25-14-6-3-7-15-25/h2-7,10-11,14-18,21,23H,8-9,12-13,19-20H2,1H3,(H,32,36). The van der Waals surface area contributed by atoms with Crippen LogP contribution >= 0.6 is 11.6 Å². The molecule has 1 aliphatic carbocycles. The summed E-state index contributed by atoms with van der Waals surface area (Å²) in [5.41, 5.74) is 0.815. The molecular formula is C29H31ClFN3O4S. The molecule has 0 saturated heterocycles. The quantitative estimate of drug-likeness (QED) is 0.365. The fourth-order valence-corrected chi connectivity index (χ4v) is 6.25. The number of carbonyl (C=O) groups is 2. The van der Waals surface area contributed by atoms with Gasteiger partial charge in [0.2, 0.25) is 11.8 Å². The number of hydrogen-bond acceptors (Lipinski definition) is 4. The van der Waals surface area contributed by atoms with Gasteiger partial charge in [-0.25, -0.2) is 12.8 Å². The van der Waals surface area contributed by atoms with Gasteiger partial charge in [0, 0.05) is 12.6 Å². The van der Waals surface area contributed by atoms with Gasteiger partial charge < -0.3 is 10.2 Å². The van der Waals surface area contributed by atoms with Crippen molar-refractivity contribution in [1.82, 2.24) is 10.2 Å². The Bertz CT molecular complexity index is 1400. The minimum atomic E-state index is -4.25. The summed E-state index contributed by atoms with van der Waals surface area (Å²) in [4.78, 5) is 28.4. The Kier molecular flexibility index (Phi) is 9.24. The zero-order valence-corrected chi connectivity index (χ0v) is 23.2. The second-order valence-electron chi connectivity index (χ2n) is 9.60. The maximum atomic E-state index is 14.0. The largest absolute Gasteiger partial charge is 0.352 e. The van der Waals surface area contributed by atoms with Crippen molar-refractivity contribution >= 4 is 39.1 Å². The highest BCUT2D eigenvalue weighted by atomic mass is 35.5. The fourth-order valence-electron chi connectivity index (χ4n) is 4.64. The summed E-state index contributed by atoms with van der Waals surface area (Å²) < 4.78 is 42.3. The Balaban J connectivity index is 1.68. The van der Waals surface area contributed by atoms with Crippen molar-refractivity contribution in [1.29, 1.82) is 0 Å². The lowest BCUT2D eigenvalue weighted by Gasteiger charge is -2.32. The number of anilines is 1. The van der Waals surface area contributed by atoms with Crippen molar-refractivity contribution in [3.8, 4) is 0 Å². The van der Waals surface area contributed by atoms with E-state index in [2.05, 4.69) is 5.32 Å². The average Bonchev–Trinajstić information content (AvgIpc) is 3.45. The van der Waals surface area contributed by atoms with E-state index in [1.165, 1.54) is 29.2 Å². The molecule has 0 aromatic heterocycles. The van der Waals surface area contributed by atoms with Crippen LogP contribution in [0.15, 0.2) is 83.8 Å². The molecule has 0 spiro atoms. The van der Waals surface area contributed by atoms with Gasteiger partial charge in [-0.1, -0.05) is 73.0 Å². The van der Waals surface area contributed by atoms with Gasteiger partial charge in [-0.3, -0.25) is 13.9 Å². The van der Waals surface area contributed by atoms with Crippen molar-refractivity contribution in [3.63, 3.8) is 0 Å². The lowest BCUT2D eigenvalue weighted by atomic mass is 10.1. The van der Waals surface area contributed by atoms with Crippen LogP contribution in [0.5, 0.6) is 0 Å². The van der Waals surface area contributed by atoms with Crippen molar-refractivity contribution in [2.75, 3.05) is 10.8 Å². The fraction of sp³-hybridized carbons (Fsp3) is 0.310. The zero-order chi connectivity index (χ0) is 28.0. The van der Waals surface area contributed by atoms with E-state index in [1.807, 2.05) is 30.3 Å². The normalized spacial score (nSPS) is 14.5. The minimum absolute atomic E-state index is 0.0290. The molecule has 1 unspecified atom stereocenters. The Morgan fingerprint density at radius 2 is 1.62 bits per heavy atom. The van der Waals surface area contributed by atoms with Crippen molar-refractivity contribution < 1.29 is 22.4 Å². The number of nitrogens with one attached hydrogen (secondary N) is 1. The third-order valence-electron chi connectivity index (χ3n) is 6.87. The summed E-state index contributed by atoms with van der Waals surface area (Å²) in [5.74, 6) is -1.60. The van der Waals surface area contributed by atoms with Crippen molar-refractivity contribution in [2.24, 2.45) is 0 Å². The Hall–Kier alpha value is -3.43. The molecule has 2 amide bonds. The van der Waals surface area contributed by atoms with Crippen molar-refractivity contribution in [2.45, 2.75) is 56.1 Å². The highest BCUT2D eigenvalue weighted by Gasteiger charge is 2.33. The molecular weight excluding hydrogens is 541 g/mol. The summed E-state index contributed by atoms with van der Waals surface area (Å²) in [5, 5.41) is 2.75. The first-order valence-corrected chi connectivity index (χ1v) is 14.6. The lowest BCUT2D eigenvalue weighted by molar-refractivity contribution is -0.139. The van der Waals surface area contributed by atoms with E-state index < -0.39 is 34.3 Å². The monoisotopic (exact) mass is 571 g/mol. The molecule has 1 saturated carbocycles. The first kappa shape index (κ1) is 28.6. The van der Waals surface area contributed by atoms with Gasteiger partial charge in [-0.05, 0) is 55.7 Å². The Morgan fingerprint density at radius 1 is 1.00 bits per heavy atom. The highest BCUT2D eigenvalue weighted by molar-refractivity contribution is 7.92. The maximum Gasteiger partial charge on any atom is 0.264 e. The molecule has 10 heteroatoms. The molecule has 3 aromatic carbocycles. The number of benzene rings is 3. The topological polar surface area (TPSA) is 86.8 Å². The molecule has 206 valence electrons.